The SMILES string of the molecule is C/C=C1/C(=O)N2C(C(=O)OC(C)OC(=O)OC3CCCCC3)=C3[C@@H](OC)CCC[C@@H]3[C@H]12. The second-order valence-electron chi connectivity index (χ2n) is 8.65. The van der Waals surface area contributed by atoms with Crippen LogP contribution in [0, 0.1) is 5.92 Å². The molecule has 2 saturated carbocycles. The monoisotopic (exact) mass is 433 g/mol. The van der Waals surface area contributed by atoms with Crippen molar-refractivity contribution in [1.29, 1.82) is 0 Å². The summed E-state index contributed by atoms with van der Waals surface area (Å²) in [5, 5.41) is 0. The molecule has 1 amide bonds. The van der Waals surface area contributed by atoms with E-state index in [2.05, 4.69) is 0 Å². The summed E-state index contributed by atoms with van der Waals surface area (Å²) in [7, 11) is 1.62. The van der Waals surface area contributed by atoms with Crippen molar-refractivity contribution in [3.8, 4) is 0 Å². The van der Waals surface area contributed by atoms with E-state index in [1.807, 2.05) is 13.0 Å². The van der Waals surface area contributed by atoms with Crippen LogP contribution < -0.4 is 0 Å². The first-order chi connectivity index (χ1) is 15.0. The Morgan fingerprint density at radius 2 is 1.81 bits per heavy atom. The van der Waals surface area contributed by atoms with Crippen LogP contribution in [0.3, 0.4) is 0 Å². The maximum atomic E-state index is 13.1. The molecule has 0 N–H and O–H groups in total. The third kappa shape index (κ3) is 3.97. The predicted octanol–water partition coefficient (Wildman–Crippen LogP) is 3.60. The Morgan fingerprint density at radius 3 is 2.48 bits per heavy atom. The lowest BCUT2D eigenvalue weighted by Gasteiger charge is -2.42. The van der Waals surface area contributed by atoms with E-state index in [4.69, 9.17) is 18.9 Å². The Hall–Kier alpha value is -2.35. The molecule has 4 rings (SSSR count). The van der Waals surface area contributed by atoms with Gasteiger partial charge in [0.25, 0.3) is 5.91 Å². The predicted molar refractivity (Wildman–Crippen MR) is 110 cm³/mol. The molecule has 2 heterocycles. The molecule has 1 saturated heterocycles. The summed E-state index contributed by atoms with van der Waals surface area (Å²) < 4.78 is 21.5. The van der Waals surface area contributed by atoms with Gasteiger partial charge in [-0.1, -0.05) is 12.5 Å². The first-order valence-electron chi connectivity index (χ1n) is 11.3. The molecule has 2 aliphatic carbocycles. The lowest BCUT2D eigenvalue weighted by atomic mass is 9.75. The first kappa shape index (κ1) is 21.9. The third-order valence-electron chi connectivity index (χ3n) is 6.82. The van der Waals surface area contributed by atoms with Gasteiger partial charge in [0.1, 0.15) is 11.8 Å². The minimum absolute atomic E-state index is 0.0534. The second-order valence-corrected chi connectivity index (χ2v) is 8.65. The lowest BCUT2D eigenvalue weighted by molar-refractivity contribution is -0.168. The molecule has 8 heteroatoms. The number of ether oxygens (including phenoxy) is 4. The summed E-state index contributed by atoms with van der Waals surface area (Å²) in [6.07, 6.45) is 6.98. The van der Waals surface area contributed by atoms with Crippen molar-refractivity contribution >= 4 is 18.0 Å². The van der Waals surface area contributed by atoms with Gasteiger partial charge in [0, 0.05) is 25.5 Å². The van der Waals surface area contributed by atoms with Crippen molar-refractivity contribution < 1.29 is 33.3 Å². The fourth-order valence-corrected chi connectivity index (χ4v) is 5.44. The summed E-state index contributed by atoms with van der Waals surface area (Å²) >= 11 is 0. The zero-order valence-electron chi connectivity index (χ0n) is 18.4. The Bertz CT molecular complexity index is 811. The molecule has 0 aromatic rings. The molecule has 0 spiro atoms. The van der Waals surface area contributed by atoms with Crippen LogP contribution in [0.25, 0.3) is 0 Å². The van der Waals surface area contributed by atoms with E-state index in [-0.39, 0.29) is 35.8 Å². The Balaban J connectivity index is 1.45. The number of rotatable bonds is 5. The summed E-state index contributed by atoms with van der Waals surface area (Å²) in [5.41, 5.74) is 1.79. The molecule has 1 unspecified atom stereocenters. The molecule has 4 atom stereocenters. The molecule has 0 aromatic heterocycles. The number of allylic oxidation sites excluding steroid dienone is 1. The van der Waals surface area contributed by atoms with Crippen molar-refractivity contribution in [2.24, 2.45) is 5.92 Å². The van der Waals surface area contributed by atoms with Gasteiger partial charge in [-0.2, -0.15) is 0 Å². The maximum absolute atomic E-state index is 13.1. The summed E-state index contributed by atoms with van der Waals surface area (Å²) in [4.78, 5) is 39.4. The van der Waals surface area contributed by atoms with Crippen molar-refractivity contribution in [1.82, 2.24) is 4.90 Å². The van der Waals surface area contributed by atoms with Crippen molar-refractivity contribution in [3.05, 3.63) is 22.9 Å². The Kier molecular flexibility index (Phi) is 6.36. The molecule has 3 fully saturated rings. The van der Waals surface area contributed by atoms with E-state index in [1.54, 1.807) is 7.11 Å². The number of carbonyl (C=O) groups excluding carboxylic acids is 3. The average molecular weight is 434 g/mol. The van der Waals surface area contributed by atoms with Crippen molar-refractivity contribution in [3.63, 3.8) is 0 Å². The minimum Gasteiger partial charge on any atom is -0.431 e. The van der Waals surface area contributed by atoms with Crippen LogP contribution in [0.5, 0.6) is 0 Å². The van der Waals surface area contributed by atoms with Gasteiger partial charge in [0.05, 0.1) is 12.1 Å². The van der Waals surface area contributed by atoms with Gasteiger partial charge in [-0.3, -0.25) is 9.69 Å². The zero-order valence-corrected chi connectivity index (χ0v) is 18.4. The van der Waals surface area contributed by atoms with Crippen LogP contribution in [0.15, 0.2) is 22.9 Å². The van der Waals surface area contributed by atoms with Gasteiger partial charge >= 0.3 is 12.1 Å². The fraction of sp³-hybridized carbons (Fsp3) is 0.696. The highest BCUT2D eigenvalue weighted by Crippen LogP contribution is 2.51. The molecule has 2 aliphatic heterocycles. The Morgan fingerprint density at radius 1 is 1.06 bits per heavy atom. The van der Waals surface area contributed by atoms with Crippen LogP contribution in [0.2, 0.25) is 0 Å². The van der Waals surface area contributed by atoms with E-state index in [0.29, 0.717) is 0 Å². The number of β-lactam (4-membered cyclic amide) rings is 1. The molecule has 31 heavy (non-hydrogen) atoms. The van der Waals surface area contributed by atoms with Gasteiger partial charge in [-0.25, -0.2) is 9.59 Å². The summed E-state index contributed by atoms with van der Waals surface area (Å²) in [5.74, 6) is -0.799. The van der Waals surface area contributed by atoms with Crippen LogP contribution in [-0.4, -0.2) is 54.6 Å². The molecule has 0 radical (unpaired) electrons. The molecular formula is C23H31NO7. The summed E-state index contributed by atoms with van der Waals surface area (Å²) in [6.45, 7) is 3.31. The van der Waals surface area contributed by atoms with Crippen LogP contribution in [-0.2, 0) is 28.5 Å². The number of carbonyl (C=O) groups is 3. The van der Waals surface area contributed by atoms with E-state index in [1.165, 1.54) is 11.8 Å². The highest BCUT2D eigenvalue weighted by Gasteiger charge is 2.58. The summed E-state index contributed by atoms with van der Waals surface area (Å²) in [6, 6.07) is -0.138. The first-order valence-corrected chi connectivity index (χ1v) is 11.3. The van der Waals surface area contributed by atoms with E-state index >= 15 is 0 Å². The molecule has 0 aromatic carbocycles. The van der Waals surface area contributed by atoms with E-state index in [9.17, 15) is 14.4 Å². The number of esters is 1. The van der Waals surface area contributed by atoms with Crippen molar-refractivity contribution in [2.45, 2.75) is 89.8 Å². The Labute approximate surface area is 182 Å². The van der Waals surface area contributed by atoms with Gasteiger partial charge < -0.3 is 18.9 Å². The van der Waals surface area contributed by atoms with Gasteiger partial charge in [-0.15, -0.1) is 0 Å². The number of hydrogen-bond acceptors (Lipinski definition) is 7. The number of nitrogens with zero attached hydrogens (tertiary/aromatic N) is 1. The van der Waals surface area contributed by atoms with Crippen LogP contribution >= 0.6 is 0 Å². The molecule has 0 bridgehead atoms. The molecular weight excluding hydrogens is 402 g/mol. The van der Waals surface area contributed by atoms with Gasteiger partial charge in [0.2, 0.25) is 6.29 Å². The van der Waals surface area contributed by atoms with Crippen LogP contribution in [0.4, 0.5) is 4.79 Å². The van der Waals surface area contributed by atoms with E-state index in [0.717, 1.165) is 62.5 Å². The highest BCUT2D eigenvalue weighted by molar-refractivity contribution is 6.09. The number of amides is 1. The van der Waals surface area contributed by atoms with Crippen molar-refractivity contribution in [2.75, 3.05) is 7.11 Å². The fourth-order valence-electron chi connectivity index (χ4n) is 5.44. The van der Waals surface area contributed by atoms with E-state index < -0.39 is 18.4 Å². The van der Waals surface area contributed by atoms with Gasteiger partial charge in [-0.05, 0) is 57.4 Å². The normalized spacial score (nSPS) is 30.4. The molecule has 4 aliphatic rings. The standard InChI is InChI=1S/C23H31NO7/c1-4-15-19-16-11-8-12-17(28-3)18(16)20(24(19)21(15)25)22(26)29-13(2)30-23(27)31-14-9-6-5-7-10-14/h4,13-14,16-17,19H,5-12H2,1-3H3/b15-4+/t13?,16-,17-,19-/m0/s1. The number of methoxy groups -OCH3 is 1. The third-order valence-corrected chi connectivity index (χ3v) is 6.82. The second kappa shape index (κ2) is 9.02. The molecule has 8 nitrogen and oxygen atoms in total. The quantitative estimate of drug-likeness (QED) is 0.283. The average Bonchev–Trinajstić information content (AvgIpc) is 3.06. The lowest BCUT2D eigenvalue weighted by Crippen LogP contribution is -2.55. The highest BCUT2D eigenvalue weighted by atomic mass is 16.8. The molecule has 170 valence electrons. The van der Waals surface area contributed by atoms with Crippen LogP contribution in [0.1, 0.15) is 65.2 Å². The minimum atomic E-state index is -1.13. The smallest absolute Gasteiger partial charge is 0.431 e. The number of fused-ring (bicyclic) bond motifs is 3. The largest absolute Gasteiger partial charge is 0.511 e. The van der Waals surface area contributed by atoms with Gasteiger partial charge in [0.15, 0.2) is 0 Å². The topological polar surface area (TPSA) is 91.4 Å². The zero-order chi connectivity index (χ0) is 22.1. The number of hydrogen-bond donors (Lipinski definition) is 0. The maximum Gasteiger partial charge on any atom is 0.511 e.